The molecule has 20 heavy (non-hydrogen) atoms. The van der Waals surface area contributed by atoms with Gasteiger partial charge < -0.3 is 10.8 Å². The second-order valence-corrected chi connectivity index (χ2v) is 5.30. The standard InChI is InChI=1S/C12H8IN5O2/c13-5-3-6(7-1-2-15-12(14)16-7)9-8(4-5)17-18-10(9)11(19)20/h1-4H,(H,17,18)(H,19,20)(H2,14,15,16). The summed E-state index contributed by atoms with van der Waals surface area (Å²) in [6.45, 7) is 0. The van der Waals surface area contributed by atoms with Crippen LogP contribution in [0.15, 0.2) is 24.4 Å². The van der Waals surface area contributed by atoms with Gasteiger partial charge in [0.1, 0.15) is 0 Å². The number of fused-ring (bicyclic) bond motifs is 1. The van der Waals surface area contributed by atoms with Crippen molar-refractivity contribution in [3.63, 3.8) is 0 Å². The molecule has 1 aromatic carbocycles. The Kier molecular flexibility index (Phi) is 3.01. The fourth-order valence-electron chi connectivity index (χ4n) is 2.00. The number of halogens is 1. The van der Waals surface area contributed by atoms with Crippen molar-refractivity contribution >= 4 is 45.4 Å². The zero-order valence-corrected chi connectivity index (χ0v) is 12.1. The number of hydrogen-bond acceptors (Lipinski definition) is 5. The number of nitrogens with one attached hydrogen (secondary N) is 1. The fraction of sp³-hybridized carbons (Fsp3) is 0. The van der Waals surface area contributed by atoms with E-state index in [-0.39, 0.29) is 11.6 Å². The summed E-state index contributed by atoms with van der Waals surface area (Å²) in [7, 11) is 0. The number of aromatic carboxylic acids is 1. The van der Waals surface area contributed by atoms with E-state index in [1.165, 1.54) is 6.20 Å². The second-order valence-electron chi connectivity index (χ2n) is 4.05. The normalized spacial score (nSPS) is 10.8. The quantitative estimate of drug-likeness (QED) is 0.584. The minimum atomic E-state index is -1.10. The molecule has 3 aromatic rings. The van der Waals surface area contributed by atoms with E-state index in [0.29, 0.717) is 22.2 Å². The number of benzene rings is 1. The van der Waals surface area contributed by atoms with Crippen LogP contribution >= 0.6 is 22.6 Å². The van der Waals surface area contributed by atoms with Crippen molar-refractivity contribution in [1.82, 2.24) is 20.2 Å². The van der Waals surface area contributed by atoms with Gasteiger partial charge in [0, 0.05) is 20.7 Å². The molecule has 0 atom stereocenters. The van der Waals surface area contributed by atoms with Crippen molar-refractivity contribution in [1.29, 1.82) is 0 Å². The van der Waals surface area contributed by atoms with Crippen molar-refractivity contribution in [2.45, 2.75) is 0 Å². The lowest BCUT2D eigenvalue weighted by Crippen LogP contribution is -1.99. The monoisotopic (exact) mass is 381 g/mol. The lowest BCUT2D eigenvalue weighted by molar-refractivity contribution is 0.0692. The van der Waals surface area contributed by atoms with Gasteiger partial charge in [-0.15, -0.1) is 0 Å². The number of carboxylic acids is 1. The van der Waals surface area contributed by atoms with E-state index in [4.69, 9.17) is 5.73 Å². The van der Waals surface area contributed by atoms with E-state index in [1.54, 1.807) is 6.07 Å². The second kappa shape index (κ2) is 4.71. The summed E-state index contributed by atoms with van der Waals surface area (Å²) >= 11 is 2.15. The van der Waals surface area contributed by atoms with E-state index < -0.39 is 5.97 Å². The third-order valence-electron chi connectivity index (χ3n) is 2.78. The molecule has 0 aliphatic rings. The van der Waals surface area contributed by atoms with Gasteiger partial charge in [-0.05, 0) is 40.8 Å². The van der Waals surface area contributed by atoms with Gasteiger partial charge in [-0.3, -0.25) is 5.10 Å². The highest BCUT2D eigenvalue weighted by Gasteiger charge is 2.18. The van der Waals surface area contributed by atoms with Crippen LogP contribution in [0.3, 0.4) is 0 Å². The summed E-state index contributed by atoms with van der Waals surface area (Å²) in [6, 6.07) is 5.34. The summed E-state index contributed by atoms with van der Waals surface area (Å²) < 4.78 is 0.933. The summed E-state index contributed by atoms with van der Waals surface area (Å²) in [5.41, 5.74) is 7.41. The van der Waals surface area contributed by atoms with E-state index in [9.17, 15) is 9.90 Å². The lowest BCUT2D eigenvalue weighted by Gasteiger charge is -2.05. The van der Waals surface area contributed by atoms with Gasteiger partial charge >= 0.3 is 5.97 Å². The first-order valence-corrected chi connectivity index (χ1v) is 6.64. The molecule has 0 saturated carbocycles. The molecule has 0 bridgehead atoms. The molecule has 3 rings (SSSR count). The zero-order chi connectivity index (χ0) is 14.3. The van der Waals surface area contributed by atoms with Gasteiger partial charge in [0.05, 0.1) is 11.2 Å². The summed E-state index contributed by atoms with van der Waals surface area (Å²) in [5, 5.41) is 16.3. The number of carbonyl (C=O) groups is 1. The van der Waals surface area contributed by atoms with Gasteiger partial charge in [0.15, 0.2) is 5.69 Å². The molecule has 0 unspecified atom stereocenters. The number of hydrogen-bond donors (Lipinski definition) is 3. The minimum Gasteiger partial charge on any atom is -0.476 e. The van der Waals surface area contributed by atoms with Gasteiger partial charge in [0.25, 0.3) is 0 Å². The van der Waals surface area contributed by atoms with Crippen molar-refractivity contribution < 1.29 is 9.90 Å². The Balaban J connectivity index is 2.39. The molecule has 2 aromatic heterocycles. The van der Waals surface area contributed by atoms with Crippen LogP contribution in [0.1, 0.15) is 10.5 Å². The highest BCUT2D eigenvalue weighted by molar-refractivity contribution is 14.1. The molecule has 2 heterocycles. The first-order chi connectivity index (χ1) is 9.56. The molecule has 100 valence electrons. The van der Waals surface area contributed by atoms with E-state index in [2.05, 4.69) is 42.8 Å². The van der Waals surface area contributed by atoms with Gasteiger partial charge in [-0.1, -0.05) is 0 Å². The Bertz CT molecular complexity index is 830. The van der Waals surface area contributed by atoms with E-state index >= 15 is 0 Å². The maximum Gasteiger partial charge on any atom is 0.357 e. The number of aromatic nitrogens is 4. The Morgan fingerprint density at radius 1 is 1.40 bits per heavy atom. The maximum atomic E-state index is 11.3. The molecule has 4 N–H and O–H groups in total. The molecule has 7 nitrogen and oxygen atoms in total. The van der Waals surface area contributed by atoms with Crippen LogP contribution in [0, 0.1) is 3.57 Å². The van der Waals surface area contributed by atoms with Crippen molar-refractivity contribution in [3.8, 4) is 11.3 Å². The number of H-pyrrole nitrogens is 1. The van der Waals surface area contributed by atoms with E-state index in [1.807, 2.05) is 12.1 Å². The molecule has 8 heteroatoms. The third kappa shape index (κ3) is 2.07. The largest absolute Gasteiger partial charge is 0.476 e. The molecule has 0 fully saturated rings. The Labute approximate surface area is 126 Å². The molecule has 0 spiro atoms. The smallest absolute Gasteiger partial charge is 0.357 e. The highest BCUT2D eigenvalue weighted by atomic mass is 127. The van der Waals surface area contributed by atoms with Crippen molar-refractivity contribution in [3.05, 3.63) is 33.7 Å². The Morgan fingerprint density at radius 2 is 2.20 bits per heavy atom. The number of aromatic amines is 1. The van der Waals surface area contributed by atoms with Crippen LogP contribution in [0.4, 0.5) is 5.95 Å². The van der Waals surface area contributed by atoms with Crippen LogP contribution in [-0.2, 0) is 0 Å². The maximum absolute atomic E-state index is 11.3. The van der Waals surface area contributed by atoms with Gasteiger partial charge in [-0.2, -0.15) is 5.10 Å². The lowest BCUT2D eigenvalue weighted by atomic mass is 10.0. The number of carboxylic acid groups (broad SMARTS) is 1. The number of nitrogen functional groups attached to an aromatic ring is 1. The van der Waals surface area contributed by atoms with Crippen molar-refractivity contribution in [2.24, 2.45) is 0 Å². The van der Waals surface area contributed by atoms with Gasteiger partial charge in [0.2, 0.25) is 5.95 Å². The van der Waals surface area contributed by atoms with Crippen LogP contribution in [0.25, 0.3) is 22.2 Å². The van der Waals surface area contributed by atoms with Crippen LogP contribution in [0.2, 0.25) is 0 Å². The summed E-state index contributed by atoms with van der Waals surface area (Å²) in [5.74, 6) is -0.962. The number of rotatable bonds is 2. The molecule has 0 saturated heterocycles. The molecule has 0 aliphatic heterocycles. The summed E-state index contributed by atoms with van der Waals surface area (Å²) in [6.07, 6.45) is 1.53. The van der Waals surface area contributed by atoms with Crippen LogP contribution < -0.4 is 5.73 Å². The van der Waals surface area contributed by atoms with Crippen LogP contribution in [-0.4, -0.2) is 31.2 Å². The topological polar surface area (TPSA) is 118 Å². The first-order valence-electron chi connectivity index (χ1n) is 5.56. The molecular weight excluding hydrogens is 373 g/mol. The first kappa shape index (κ1) is 12.8. The molecule has 0 amide bonds. The predicted molar refractivity (Wildman–Crippen MR) is 81.2 cm³/mol. The fourth-order valence-corrected chi connectivity index (χ4v) is 2.63. The number of nitrogens with zero attached hydrogens (tertiary/aromatic N) is 3. The summed E-state index contributed by atoms with van der Waals surface area (Å²) in [4.78, 5) is 19.3. The molecular formula is C12H8IN5O2. The average molecular weight is 381 g/mol. The molecule has 0 radical (unpaired) electrons. The minimum absolute atomic E-state index is 0.0383. The van der Waals surface area contributed by atoms with Crippen LogP contribution in [0.5, 0.6) is 0 Å². The predicted octanol–water partition coefficient (Wildman–Crippen LogP) is 1.90. The van der Waals surface area contributed by atoms with Gasteiger partial charge in [-0.25, -0.2) is 14.8 Å². The molecule has 0 aliphatic carbocycles. The number of anilines is 1. The zero-order valence-electron chi connectivity index (χ0n) is 9.96. The average Bonchev–Trinajstić information content (AvgIpc) is 2.81. The highest BCUT2D eigenvalue weighted by Crippen LogP contribution is 2.31. The Morgan fingerprint density at radius 3 is 2.90 bits per heavy atom. The van der Waals surface area contributed by atoms with E-state index in [0.717, 1.165) is 3.57 Å². The number of nitrogens with two attached hydrogens (primary N) is 1. The third-order valence-corrected chi connectivity index (χ3v) is 3.40. The Hall–Kier alpha value is -2.23. The SMILES string of the molecule is Nc1nccc(-c2cc(I)cc3[nH]nc(C(=O)O)c23)n1. The van der Waals surface area contributed by atoms with Crippen molar-refractivity contribution in [2.75, 3.05) is 5.73 Å².